The first-order chi connectivity index (χ1) is 8.06. The number of thiazole rings is 1. The molecule has 0 radical (unpaired) electrons. The number of nitrogens with zero attached hydrogens (tertiary/aromatic N) is 1. The average Bonchev–Trinajstić information content (AvgIpc) is 2.60. The number of hydrogen-bond donors (Lipinski definition) is 1. The standard InChI is InChI=1S/C13H22N2OS/c1-8(2)6-14-7-12-15-11-5-9(3)16-10(4)13(11)17-12/h8-10,14H,5-7H2,1-4H3. The molecule has 0 bridgehead atoms. The van der Waals surface area contributed by atoms with E-state index in [1.54, 1.807) is 11.3 Å². The summed E-state index contributed by atoms with van der Waals surface area (Å²) in [6.07, 6.45) is 1.47. The molecule has 96 valence electrons. The lowest BCUT2D eigenvalue weighted by Crippen LogP contribution is -2.21. The number of fused-ring (bicyclic) bond motifs is 1. The predicted octanol–water partition coefficient (Wildman–Crippen LogP) is 2.91. The third-order valence-electron chi connectivity index (χ3n) is 2.89. The van der Waals surface area contributed by atoms with Gasteiger partial charge in [-0.2, -0.15) is 0 Å². The molecule has 4 heteroatoms. The zero-order chi connectivity index (χ0) is 12.4. The molecule has 17 heavy (non-hydrogen) atoms. The summed E-state index contributed by atoms with van der Waals surface area (Å²) in [6.45, 7) is 10.6. The lowest BCUT2D eigenvalue weighted by molar-refractivity contribution is -0.00318. The summed E-state index contributed by atoms with van der Waals surface area (Å²) < 4.78 is 5.82. The smallest absolute Gasteiger partial charge is 0.107 e. The first-order valence-corrected chi connectivity index (χ1v) is 7.22. The van der Waals surface area contributed by atoms with Crippen LogP contribution in [0, 0.1) is 5.92 Å². The van der Waals surface area contributed by atoms with Gasteiger partial charge in [0, 0.05) is 13.0 Å². The van der Waals surface area contributed by atoms with Gasteiger partial charge in [-0.25, -0.2) is 4.98 Å². The molecule has 0 fully saturated rings. The summed E-state index contributed by atoms with van der Waals surface area (Å²) in [4.78, 5) is 6.05. The molecule has 1 aliphatic heterocycles. The Morgan fingerprint density at radius 2 is 2.24 bits per heavy atom. The maximum Gasteiger partial charge on any atom is 0.107 e. The molecule has 0 aliphatic carbocycles. The topological polar surface area (TPSA) is 34.2 Å². The fraction of sp³-hybridized carbons (Fsp3) is 0.769. The lowest BCUT2D eigenvalue weighted by Gasteiger charge is -2.23. The highest BCUT2D eigenvalue weighted by Crippen LogP contribution is 2.34. The van der Waals surface area contributed by atoms with Gasteiger partial charge in [-0.05, 0) is 26.3 Å². The Hall–Kier alpha value is -0.450. The summed E-state index contributed by atoms with van der Waals surface area (Å²) in [7, 11) is 0. The second-order valence-corrected chi connectivity index (χ2v) is 6.35. The molecular formula is C13H22N2OS. The summed E-state index contributed by atoms with van der Waals surface area (Å²) in [6, 6.07) is 0. The number of ether oxygens (including phenoxy) is 1. The van der Waals surface area contributed by atoms with Crippen LogP contribution in [0.2, 0.25) is 0 Å². The van der Waals surface area contributed by atoms with Crippen molar-refractivity contribution in [2.75, 3.05) is 6.54 Å². The second-order valence-electron chi connectivity index (χ2n) is 5.24. The molecule has 1 aromatic rings. The molecule has 1 aliphatic rings. The largest absolute Gasteiger partial charge is 0.370 e. The van der Waals surface area contributed by atoms with E-state index < -0.39 is 0 Å². The van der Waals surface area contributed by atoms with E-state index in [2.05, 4.69) is 33.0 Å². The van der Waals surface area contributed by atoms with E-state index in [-0.39, 0.29) is 6.10 Å². The molecule has 1 N–H and O–H groups in total. The number of hydrogen-bond acceptors (Lipinski definition) is 4. The van der Waals surface area contributed by atoms with Gasteiger partial charge in [0.2, 0.25) is 0 Å². The number of aromatic nitrogens is 1. The van der Waals surface area contributed by atoms with Crippen molar-refractivity contribution in [1.29, 1.82) is 0 Å². The Morgan fingerprint density at radius 3 is 2.94 bits per heavy atom. The lowest BCUT2D eigenvalue weighted by atomic mass is 10.1. The second kappa shape index (κ2) is 5.46. The molecular weight excluding hydrogens is 232 g/mol. The number of nitrogens with one attached hydrogen (secondary N) is 1. The van der Waals surface area contributed by atoms with Crippen LogP contribution in [0.3, 0.4) is 0 Å². The molecule has 2 heterocycles. The van der Waals surface area contributed by atoms with E-state index in [1.165, 1.54) is 15.6 Å². The monoisotopic (exact) mass is 254 g/mol. The predicted molar refractivity (Wildman–Crippen MR) is 71.3 cm³/mol. The maximum absolute atomic E-state index is 5.82. The van der Waals surface area contributed by atoms with E-state index in [4.69, 9.17) is 9.72 Å². The minimum atomic E-state index is 0.213. The van der Waals surface area contributed by atoms with Gasteiger partial charge in [-0.15, -0.1) is 11.3 Å². The zero-order valence-electron chi connectivity index (χ0n) is 11.1. The third kappa shape index (κ3) is 3.27. The summed E-state index contributed by atoms with van der Waals surface area (Å²) in [5.74, 6) is 0.687. The zero-order valence-corrected chi connectivity index (χ0v) is 11.9. The van der Waals surface area contributed by atoms with Crippen molar-refractivity contribution in [3.63, 3.8) is 0 Å². The number of rotatable bonds is 4. The van der Waals surface area contributed by atoms with E-state index in [1.807, 2.05) is 0 Å². The van der Waals surface area contributed by atoms with Crippen LogP contribution in [-0.4, -0.2) is 17.6 Å². The molecule has 2 unspecified atom stereocenters. The van der Waals surface area contributed by atoms with E-state index in [9.17, 15) is 0 Å². The highest BCUT2D eigenvalue weighted by Gasteiger charge is 2.25. The van der Waals surface area contributed by atoms with E-state index in [0.717, 1.165) is 19.5 Å². The molecule has 2 atom stereocenters. The Morgan fingerprint density at radius 1 is 1.47 bits per heavy atom. The van der Waals surface area contributed by atoms with Crippen LogP contribution in [0.25, 0.3) is 0 Å². The fourth-order valence-electron chi connectivity index (χ4n) is 2.15. The van der Waals surface area contributed by atoms with Gasteiger partial charge in [0.05, 0.1) is 22.8 Å². The van der Waals surface area contributed by atoms with Crippen LogP contribution < -0.4 is 5.32 Å². The Bertz CT molecular complexity index is 375. The van der Waals surface area contributed by atoms with Crippen molar-refractivity contribution in [2.24, 2.45) is 5.92 Å². The van der Waals surface area contributed by atoms with Crippen molar-refractivity contribution >= 4 is 11.3 Å². The first-order valence-electron chi connectivity index (χ1n) is 6.41. The Labute approximate surface area is 108 Å². The molecule has 2 rings (SSSR count). The average molecular weight is 254 g/mol. The third-order valence-corrected chi connectivity index (χ3v) is 4.15. The molecule has 3 nitrogen and oxygen atoms in total. The summed E-state index contributed by atoms with van der Waals surface area (Å²) in [5.41, 5.74) is 1.25. The van der Waals surface area contributed by atoms with Gasteiger partial charge in [0.15, 0.2) is 0 Å². The van der Waals surface area contributed by atoms with Crippen molar-refractivity contribution in [2.45, 2.75) is 52.9 Å². The van der Waals surface area contributed by atoms with Crippen LogP contribution in [0.4, 0.5) is 0 Å². The molecule has 0 saturated heterocycles. The van der Waals surface area contributed by atoms with Crippen molar-refractivity contribution in [3.8, 4) is 0 Å². The molecule has 0 amide bonds. The van der Waals surface area contributed by atoms with Gasteiger partial charge >= 0.3 is 0 Å². The van der Waals surface area contributed by atoms with Crippen LogP contribution in [-0.2, 0) is 17.7 Å². The van der Waals surface area contributed by atoms with Crippen molar-refractivity contribution < 1.29 is 4.74 Å². The molecule has 0 saturated carbocycles. The van der Waals surface area contributed by atoms with Gasteiger partial charge in [-0.3, -0.25) is 0 Å². The minimum Gasteiger partial charge on any atom is -0.370 e. The molecule has 1 aromatic heterocycles. The fourth-order valence-corrected chi connectivity index (χ4v) is 3.20. The van der Waals surface area contributed by atoms with Crippen molar-refractivity contribution in [1.82, 2.24) is 10.3 Å². The van der Waals surface area contributed by atoms with Gasteiger partial charge in [0.1, 0.15) is 5.01 Å². The van der Waals surface area contributed by atoms with E-state index >= 15 is 0 Å². The van der Waals surface area contributed by atoms with Crippen LogP contribution in [0.15, 0.2) is 0 Å². The quantitative estimate of drug-likeness (QED) is 0.897. The van der Waals surface area contributed by atoms with Gasteiger partial charge in [-0.1, -0.05) is 13.8 Å². The normalized spacial score (nSPS) is 24.1. The SMILES string of the molecule is CC(C)CNCc1nc2c(s1)C(C)OC(C)C2. The van der Waals surface area contributed by atoms with Gasteiger partial charge < -0.3 is 10.1 Å². The maximum atomic E-state index is 5.82. The first kappa shape index (κ1) is 13.0. The van der Waals surface area contributed by atoms with Crippen LogP contribution in [0.5, 0.6) is 0 Å². The van der Waals surface area contributed by atoms with Crippen LogP contribution in [0.1, 0.15) is 49.4 Å². The van der Waals surface area contributed by atoms with Crippen molar-refractivity contribution in [3.05, 3.63) is 15.6 Å². The molecule has 0 aromatic carbocycles. The Kier molecular flexibility index (Phi) is 4.17. The van der Waals surface area contributed by atoms with Crippen LogP contribution >= 0.6 is 11.3 Å². The summed E-state index contributed by atoms with van der Waals surface area (Å²) >= 11 is 1.80. The minimum absolute atomic E-state index is 0.213. The van der Waals surface area contributed by atoms with E-state index in [0.29, 0.717) is 12.0 Å². The summed E-state index contributed by atoms with van der Waals surface area (Å²) in [5, 5.41) is 4.64. The van der Waals surface area contributed by atoms with Gasteiger partial charge in [0.25, 0.3) is 0 Å². The molecule has 0 spiro atoms. The highest BCUT2D eigenvalue weighted by molar-refractivity contribution is 7.11. The highest BCUT2D eigenvalue weighted by atomic mass is 32.1. The Balaban J connectivity index is 1.99.